The molecule has 2 nitrogen and oxygen atoms in total. The average molecular weight is 295 g/mol. The molecule has 3 unspecified atom stereocenters. The molecule has 92 valence electrons. The van der Waals surface area contributed by atoms with Crippen LogP contribution in [0.15, 0.2) is 0 Å². The van der Waals surface area contributed by atoms with E-state index in [1.54, 1.807) is 0 Å². The molecule has 0 spiro atoms. The largest absolute Gasteiger partial charge is 0.322 e. The second-order valence-corrected chi connectivity index (χ2v) is 9.76. The number of hydrogen-bond acceptors (Lipinski definition) is 4. The van der Waals surface area contributed by atoms with Gasteiger partial charge in [0.1, 0.15) is 0 Å². The molecule has 7 heteroatoms. The maximum absolute atomic E-state index is 13.0. The Morgan fingerprint density at radius 1 is 1.53 bits per heavy atom. The van der Waals surface area contributed by atoms with Gasteiger partial charge in [-0.25, -0.2) is 4.39 Å². The molecule has 0 rings (SSSR count). The SMILES string of the molecule is CCOP(=S)(OC(F)CCl)SC(C)CC. The fourth-order valence-electron chi connectivity index (χ4n) is 0.707. The van der Waals surface area contributed by atoms with Gasteiger partial charge in [0.05, 0.1) is 12.5 Å². The van der Waals surface area contributed by atoms with Crippen LogP contribution >= 0.6 is 28.7 Å². The van der Waals surface area contributed by atoms with Crippen LogP contribution in [0, 0.1) is 0 Å². The molecule has 15 heavy (non-hydrogen) atoms. The predicted octanol–water partition coefficient (Wildman–Crippen LogP) is 4.33. The Labute approximate surface area is 105 Å². The fraction of sp³-hybridized carbons (Fsp3) is 1.00. The first kappa shape index (κ1) is 16.1. The molecule has 0 bridgehead atoms. The van der Waals surface area contributed by atoms with E-state index in [0.29, 0.717) is 11.9 Å². The van der Waals surface area contributed by atoms with Crippen molar-refractivity contribution in [3.63, 3.8) is 0 Å². The fourth-order valence-corrected chi connectivity index (χ4v) is 6.91. The summed E-state index contributed by atoms with van der Waals surface area (Å²) in [6.45, 7) is 6.30. The van der Waals surface area contributed by atoms with E-state index < -0.39 is 12.1 Å². The monoisotopic (exact) mass is 294 g/mol. The molecule has 0 aromatic rings. The van der Waals surface area contributed by atoms with Crippen LogP contribution in [-0.2, 0) is 20.9 Å². The second-order valence-electron chi connectivity index (χ2n) is 2.86. The lowest BCUT2D eigenvalue weighted by atomic mass is 10.4. The third-order valence-electron chi connectivity index (χ3n) is 1.54. The van der Waals surface area contributed by atoms with Crippen molar-refractivity contribution in [3.8, 4) is 0 Å². The molecule has 0 heterocycles. The number of halogens is 2. The molecule has 0 aromatic heterocycles. The highest BCUT2D eigenvalue weighted by atomic mass is 35.5. The summed E-state index contributed by atoms with van der Waals surface area (Å²) in [5.74, 6) is -0.216. The highest BCUT2D eigenvalue weighted by Crippen LogP contribution is 2.63. The Morgan fingerprint density at radius 3 is 2.53 bits per heavy atom. The van der Waals surface area contributed by atoms with E-state index in [-0.39, 0.29) is 5.88 Å². The molecule has 0 fully saturated rings. The van der Waals surface area contributed by atoms with Gasteiger partial charge in [-0.1, -0.05) is 25.2 Å². The predicted molar refractivity (Wildman–Crippen MR) is 70.0 cm³/mol. The minimum atomic E-state index is -2.57. The van der Waals surface area contributed by atoms with Gasteiger partial charge in [0.2, 0.25) is 12.1 Å². The Morgan fingerprint density at radius 2 is 2.13 bits per heavy atom. The zero-order valence-corrected chi connectivity index (χ0v) is 12.4. The summed E-state index contributed by atoms with van der Waals surface area (Å²) in [7, 11) is 0. The molecule has 0 saturated carbocycles. The summed E-state index contributed by atoms with van der Waals surface area (Å²) < 4.78 is 23.4. The summed E-state index contributed by atoms with van der Waals surface area (Å²) in [4.78, 5) is 0. The molecule has 0 N–H and O–H groups in total. The zero-order valence-electron chi connectivity index (χ0n) is 9.11. The van der Waals surface area contributed by atoms with E-state index >= 15 is 0 Å². The molecule has 0 saturated heterocycles. The van der Waals surface area contributed by atoms with Crippen LogP contribution in [-0.4, -0.2) is 24.1 Å². The van der Waals surface area contributed by atoms with Crippen LogP contribution in [0.3, 0.4) is 0 Å². The van der Waals surface area contributed by atoms with Crippen molar-refractivity contribution in [1.82, 2.24) is 0 Å². The lowest BCUT2D eigenvalue weighted by Gasteiger charge is -2.24. The molecule has 0 amide bonds. The lowest BCUT2D eigenvalue weighted by Crippen LogP contribution is -2.08. The van der Waals surface area contributed by atoms with Crippen molar-refractivity contribution in [2.45, 2.75) is 38.8 Å². The third-order valence-corrected chi connectivity index (χ3v) is 7.57. The van der Waals surface area contributed by atoms with Crippen molar-refractivity contribution < 1.29 is 13.4 Å². The lowest BCUT2D eigenvalue weighted by molar-refractivity contribution is 0.0878. The molecular formula is C8H17ClFO2PS2. The molecule has 0 aromatic carbocycles. The van der Waals surface area contributed by atoms with Gasteiger partial charge >= 0.3 is 0 Å². The van der Waals surface area contributed by atoms with Gasteiger partial charge in [-0.2, -0.15) is 0 Å². The number of rotatable bonds is 8. The normalized spacial score (nSPS) is 19.5. The Kier molecular flexibility index (Phi) is 8.89. The Balaban J connectivity index is 4.37. The summed E-state index contributed by atoms with van der Waals surface area (Å²) in [5, 5.41) is 0.296. The minimum absolute atomic E-state index is 0.216. The zero-order chi connectivity index (χ0) is 11.9. The van der Waals surface area contributed by atoms with Crippen LogP contribution in [0.4, 0.5) is 4.39 Å². The van der Waals surface area contributed by atoms with E-state index in [1.165, 1.54) is 11.4 Å². The van der Waals surface area contributed by atoms with E-state index in [2.05, 4.69) is 0 Å². The second kappa shape index (κ2) is 8.26. The Bertz CT molecular complexity index is 205. The molecule has 0 radical (unpaired) electrons. The first-order chi connectivity index (χ1) is 6.97. The van der Waals surface area contributed by atoms with Crippen molar-refractivity contribution >= 4 is 40.5 Å². The maximum Gasteiger partial charge on any atom is 0.250 e. The van der Waals surface area contributed by atoms with Crippen molar-refractivity contribution in [2.24, 2.45) is 0 Å². The minimum Gasteiger partial charge on any atom is -0.322 e. The van der Waals surface area contributed by atoms with E-state index in [9.17, 15) is 4.39 Å². The van der Waals surface area contributed by atoms with Gasteiger partial charge in [0.25, 0.3) is 0 Å². The maximum atomic E-state index is 13.0. The first-order valence-electron chi connectivity index (χ1n) is 4.78. The van der Waals surface area contributed by atoms with Crippen LogP contribution in [0.5, 0.6) is 0 Å². The van der Waals surface area contributed by atoms with Crippen LogP contribution in [0.25, 0.3) is 0 Å². The van der Waals surface area contributed by atoms with Crippen molar-refractivity contribution in [3.05, 3.63) is 0 Å². The molecule has 3 atom stereocenters. The molecular weight excluding hydrogens is 278 g/mol. The van der Waals surface area contributed by atoms with Gasteiger partial charge in [-0.15, -0.1) is 11.6 Å². The van der Waals surface area contributed by atoms with Gasteiger partial charge in [-0.3, -0.25) is 4.52 Å². The third kappa shape index (κ3) is 7.14. The quantitative estimate of drug-likeness (QED) is 0.490. The van der Waals surface area contributed by atoms with Gasteiger partial charge in [0, 0.05) is 5.25 Å². The standard InChI is InChI=1S/C8H17ClFO2PS2/c1-4-7(3)15-13(14,11-5-2)12-8(10)6-9/h7-8H,4-6H2,1-3H3. The van der Waals surface area contributed by atoms with Gasteiger partial charge in [-0.05, 0) is 25.2 Å². The molecule has 0 aliphatic rings. The number of alkyl halides is 2. The highest BCUT2D eigenvalue weighted by molar-refractivity contribution is 8.68. The van der Waals surface area contributed by atoms with E-state index in [1.807, 2.05) is 20.8 Å². The first-order valence-corrected chi connectivity index (χ1v) is 9.44. The number of hydrogen-bond donors (Lipinski definition) is 0. The summed E-state index contributed by atoms with van der Waals surface area (Å²) >= 11 is 12.0. The van der Waals surface area contributed by atoms with Gasteiger partial charge in [0.15, 0.2) is 0 Å². The topological polar surface area (TPSA) is 18.5 Å². The summed E-state index contributed by atoms with van der Waals surface area (Å²) in [6, 6.07) is 0. The average Bonchev–Trinajstić information content (AvgIpc) is 2.17. The van der Waals surface area contributed by atoms with Crippen molar-refractivity contribution in [1.29, 1.82) is 0 Å². The Hall–Kier alpha value is 1.14. The van der Waals surface area contributed by atoms with Crippen LogP contribution in [0.1, 0.15) is 27.2 Å². The van der Waals surface area contributed by atoms with Gasteiger partial charge < -0.3 is 4.52 Å². The van der Waals surface area contributed by atoms with Crippen molar-refractivity contribution in [2.75, 3.05) is 12.5 Å². The smallest absolute Gasteiger partial charge is 0.250 e. The summed E-state index contributed by atoms with van der Waals surface area (Å²) in [6.07, 6.45) is -0.599. The van der Waals surface area contributed by atoms with E-state index in [0.717, 1.165) is 6.42 Å². The van der Waals surface area contributed by atoms with E-state index in [4.69, 9.17) is 32.5 Å². The highest BCUT2D eigenvalue weighted by Gasteiger charge is 2.26. The molecule has 0 aliphatic carbocycles. The van der Waals surface area contributed by atoms with Crippen LogP contribution in [0.2, 0.25) is 0 Å². The molecule has 0 aliphatic heterocycles. The summed E-state index contributed by atoms with van der Waals surface area (Å²) in [5.41, 5.74) is -2.57. The van der Waals surface area contributed by atoms with Crippen LogP contribution < -0.4 is 0 Å².